The van der Waals surface area contributed by atoms with Gasteiger partial charge in [0.2, 0.25) is 5.91 Å². The van der Waals surface area contributed by atoms with Gasteiger partial charge < -0.3 is 5.32 Å². The number of allylic oxidation sites excluding steroid dienone is 1. The number of halogens is 1. The molecule has 0 unspecified atom stereocenters. The zero-order chi connectivity index (χ0) is 21.5. The first-order valence-electron chi connectivity index (χ1n) is 9.84. The van der Waals surface area contributed by atoms with Crippen LogP contribution in [0.5, 0.6) is 0 Å². The first kappa shape index (κ1) is 22.1. The van der Waals surface area contributed by atoms with Crippen LogP contribution in [-0.4, -0.2) is 26.4 Å². The number of amides is 1. The number of anilines is 1. The standard InChI is InChI=1S/C23H25ClN4OS/c1-4-13-28-22(18-7-6-8-19(24)14-18)26-27-23(28)30-15-21(29)25-20-11-9-17(10-12-20)16(3)5-2/h4,6-12,14,16H,1,5,13,15H2,2-3H3,(H,25,29)/t16-/m0/s1. The highest BCUT2D eigenvalue weighted by molar-refractivity contribution is 7.99. The van der Waals surface area contributed by atoms with Crippen molar-refractivity contribution in [1.82, 2.24) is 14.8 Å². The minimum Gasteiger partial charge on any atom is -0.325 e. The van der Waals surface area contributed by atoms with Crippen molar-refractivity contribution in [1.29, 1.82) is 0 Å². The van der Waals surface area contributed by atoms with E-state index in [2.05, 4.69) is 48.1 Å². The highest BCUT2D eigenvalue weighted by Gasteiger charge is 2.15. The minimum atomic E-state index is -0.0891. The second kappa shape index (κ2) is 10.5. The van der Waals surface area contributed by atoms with Crippen molar-refractivity contribution in [3.05, 3.63) is 71.8 Å². The maximum Gasteiger partial charge on any atom is 0.234 e. The first-order valence-corrected chi connectivity index (χ1v) is 11.2. The fraction of sp³-hybridized carbons (Fsp3) is 0.261. The second-order valence-electron chi connectivity index (χ2n) is 6.98. The number of benzene rings is 2. The van der Waals surface area contributed by atoms with E-state index in [0.717, 1.165) is 17.7 Å². The molecule has 0 aliphatic rings. The number of aromatic nitrogens is 3. The van der Waals surface area contributed by atoms with Crippen LogP contribution in [0, 0.1) is 0 Å². The molecule has 0 radical (unpaired) electrons. The van der Waals surface area contributed by atoms with Gasteiger partial charge in [0.1, 0.15) is 0 Å². The topological polar surface area (TPSA) is 59.8 Å². The Kier molecular flexibility index (Phi) is 7.71. The molecule has 0 saturated carbocycles. The third kappa shape index (κ3) is 5.52. The molecule has 30 heavy (non-hydrogen) atoms. The van der Waals surface area contributed by atoms with Gasteiger partial charge in [-0.1, -0.05) is 67.6 Å². The lowest BCUT2D eigenvalue weighted by molar-refractivity contribution is -0.113. The predicted octanol–water partition coefficient (Wildman–Crippen LogP) is 6.03. The molecule has 1 heterocycles. The molecule has 0 bridgehead atoms. The molecule has 0 saturated heterocycles. The van der Waals surface area contributed by atoms with Crippen molar-refractivity contribution in [3.63, 3.8) is 0 Å². The molecule has 156 valence electrons. The zero-order valence-electron chi connectivity index (χ0n) is 17.1. The van der Waals surface area contributed by atoms with Crippen LogP contribution in [0.1, 0.15) is 31.7 Å². The lowest BCUT2D eigenvalue weighted by Gasteiger charge is -2.11. The summed E-state index contributed by atoms with van der Waals surface area (Å²) in [7, 11) is 0. The van der Waals surface area contributed by atoms with Crippen LogP contribution < -0.4 is 5.32 Å². The molecule has 1 amide bonds. The van der Waals surface area contributed by atoms with Gasteiger partial charge in [-0.05, 0) is 42.2 Å². The number of rotatable bonds is 9. The second-order valence-corrected chi connectivity index (χ2v) is 8.36. The summed E-state index contributed by atoms with van der Waals surface area (Å²) in [5.74, 6) is 1.35. The van der Waals surface area contributed by atoms with Crippen LogP contribution in [-0.2, 0) is 11.3 Å². The molecule has 3 rings (SSSR count). The fourth-order valence-electron chi connectivity index (χ4n) is 2.99. The summed E-state index contributed by atoms with van der Waals surface area (Å²) in [4.78, 5) is 12.4. The summed E-state index contributed by atoms with van der Waals surface area (Å²) in [6.45, 7) is 8.72. The molecule has 2 aromatic carbocycles. The maximum atomic E-state index is 12.4. The molecular weight excluding hydrogens is 416 g/mol. The van der Waals surface area contributed by atoms with Crippen molar-refractivity contribution in [2.45, 2.75) is 37.9 Å². The monoisotopic (exact) mass is 440 g/mol. The van der Waals surface area contributed by atoms with E-state index in [1.54, 1.807) is 6.08 Å². The average molecular weight is 441 g/mol. The van der Waals surface area contributed by atoms with E-state index in [0.29, 0.717) is 28.5 Å². The summed E-state index contributed by atoms with van der Waals surface area (Å²) in [5.41, 5.74) is 2.94. The van der Waals surface area contributed by atoms with Gasteiger partial charge in [-0.3, -0.25) is 9.36 Å². The third-order valence-electron chi connectivity index (χ3n) is 4.82. The molecule has 0 fully saturated rings. The Bertz CT molecular complexity index is 1020. The highest BCUT2D eigenvalue weighted by atomic mass is 35.5. The Morgan fingerprint density at radius 1 is 1.27 bits per heavy atom. The Morgan fingerprint density at radius 2 is 2.03 bits per heavy atom. The summed E-state index contributed by atoms with van der Waals surface area (Å²) in [5, 5.41) is 12.8. The van der Waals surface area contributed by atoms with Gasteiger partial charge in [-0.15, -0.1) is 16.8 Å². The molecule has 5 nitrogen and oxygen atoms in total. The number of nitrogens with zero attached hydrogens (tertiary/aromatic N) is 3. The first-order chi connectivity index (χ1) is 14.5. The average Bonchev–Trinajstić information content (AvgIpc) is 3.15. The molecule has 0 aliphatic heterocycles. The molecule has 0 aliphatic carbocycles. The van der Waals surface area contributed by atoms with Crippen LogP contribution in [0.4, 0.5) is 5.69 Å². The summed E-state index contributed by atoms with van der Waals surface area (Å²) in [6.07, 6.45) is 2.87. The summed E-state index contributed by atoms with van der Waals surface area (Å²) in [6, 6.07) is 15.5. The highest BCUT2D eigenvalue weighted by Crippen LogP contribution is 2.26. The molecule has 1 atom stereocenters. The quantitative estimate of drug-likeness (QED) is 0.326. The number of carbonyl (C=O) groups excluding carboxylic acids is 1. The van der Waals surface area contributed by atoms with Crippen molar-refractivity contribution in [2.24, 2.45) is 0 Å². The Morgan fingerprint density at radius 3 is 2.70 bits per heavy atom. The van der Waals surface area contributed by atoms with Crippen LogP contribution in [0.25, 0.3) is 11.4 Å². The third-order valence-corrected chi connectivity index (χ3v) is 6.02. The number of hydrogen-bond donors (Lipinski definition) is 1. The molecule has 1 aromatic heterocycles. The minimum absolute atomic E-state index is 0.0891. The largest absolute Gasteiger partial charge is 0.325 e. The van der Waals surface area contributed by atoms with Crippen molar-refractivity contribution < 1.29 is 4.79 Å². The molecular formula is C23H25ClN4OS. The molecule has 7 heteroatoms. The maximum absolute atomic E-state index is 12.4. The molecule has 0 spiro atoms. The summed E-state index contributed by atoms with van der Waals surface area (Å²) >= 11 is 7.45. The van der Waals surface area contributed by atoms with Gasteiger partial charge in [0.15, 0.2) is 11.0 Å². The van der Waals surface area contributed by atoms with E-state index < -0.39 is 0 Å². The molecule has 1 N–H and O–H groups in total. The Balaban J connectivity index is 1.66. The van der Waals surface area contributed by atoms with E-state index in [1.807, 2.05) is 41.0 Å². The van der Waals surface area contributed by atoms with Gasteiger partial charge in [-0.2, -0.15) is 0 Å². The van der Waals surface area contributed by atoms with Crippen LogP contribution in [0.2, 0.25) is 5.02 Å². The van der Waals surface area contributed by atoms with E-state index in [-0.39, 0.29) is 11.7 Å². The van der Waals surface area contributed by atoms with Crippen LogP contribution in [0.3, 0.4) is 0 Å². The van der Waals surface area contributed by atoms with E-state index >= 15 is 0 Å². The fourth-order valence-corrected chi connectivity index (χ4v) is 3.93. The zero-order valence-corrected chi connectivity index (χ0v) is 18.7. The van der Waals surface area contributed by atoms with Gasteiger partial charge in [0.05, 0.1) is 5.75 Å². The lowest BCUT2D eigenvalue weighted by atomic mass is 9.99. The van der Waals surface area contributed by atoms with E-state index in [1.165, 1.54) is 17.3 Å². The van der Waals surface area contributed by atoms with Crippen molar-refractivity contribution in [3.8, 4) is 11.4 Å². The van der Waals surface area contributed by atoms with Gasteiger partial charge in [0, 0.05) is 22.8 Å². The molecule has 3 aromatic rings. The van der Waals surface area contributed by atoms with Crippen molar-refractivity contribution >= 4 is 35.0 Å². The lowest BCUT2D eigenvalue weighted by Crippen LogP contribution is -2.14. The van der Waals surface area contributed by atoms with Crippen LogP contribution in [0.15, 0.2) is 66.3 Å². The Hall–Kier alpha value is -2.57. The Labute approximate surface area is 186 Å². The number of carbonyl (C=O) groups is 1. The normalized spacial score (nSPS) is 11.8. The summed E-state index contributed by atoms with van der Waals surface area (Å²) < 4.78 is 1.93. The predicted molar refractivity (Wildman–Crippen MR) is 125 cm³/mol. The van der Waals surface area contributed by atoms with Crippen LogP contribution >= 0.6 is 23.4 Å². The smallest absolute Gasteiger partial charge is 0.234 e. The van der Waals surface area contributed by atoms with Gasteiger partial charge in [0.25, 0.3) is 0 Å². The van der Waals surface area contributed by atoms with E-state index in [9.17, 15) is 4.79 Å². The number of thioether (sulfide) groups is 1. The SMILES string of the molecule is C=CCn1c(SCC(=O)Nc2ccc([C@@H](C)CC)cc2)nnc1-c1cccc(Cl)c1. The van der Waals surface area contributed by atoms with Gasteiger partial charge in [-0.25, -0.2) is 0 Å². The number of nitrogens with one attached hydrogen (secondary N) is 1. The van der Waals surface area contributed by atoms with Gasteiger partial charge >= 0.3 is 0 Å². The van der Waals surface area contributed by atoms with Crippen molar-refractivity contribution in [2.75, 3.05) is 11.1 Å². The van der Waals surface area contributed by atoms with E-state index in [4.69, 9.17) is 11.6 Å². The number of hydrogen-bond acceptors (Lipinski definition) is 4.